The lowest BCUT2D eigenvalue weighted by molar-refractivity contribution is 0.392. The smallest absolute Gasteiger partial charge is 0.265 e. The highest BCUT2D eigenvalue weighted by atomic mass is 32.2. The molecule has 0 aliphatic rings. The minimum absolute atomic E-state index is 0.00143. The van der Waals surface area contributed by atoms with Crippen molar-refractivity contribution in [2.45, 2.75) is 4.90 Å². The standard InChI is InChI=1S/C21H18N2O4S2/c1-26-14-11-12-18(27-2)20(13-14)29(24,25)23-16-8-4-3-7-15(16)21-22-17-9-5-6-10-19(17)28-21/h3-13,23H,1-2H3. The first-order valence-corrected chi connectivity index (χ1v) is 11.0. The molecule has 8 heteroatoms. The molecule has 6 nitrogen and oxygen atoms in total. The van der Waals surface area contributed by atoms with Crippen molar-refractivity contribution in [3.8, 4) is 22.1 Å². The highest BCUT2D eigenvalue weighted by molar-refractivity contribution is 7.92. The summed E-state index contributed by atoms with van der Waals surface area (Å²) >= 11 is 1.51. The zero-order valence-electron chi connectivity index (χ0n) is 15.7. The van der Waals surface area contributed by atoms with Gasteiger partial charge in [-0.15, -0.1) is 11.3 Å². The van der Waals surface area contributed by atoms with Crippen molar-refractivity contribution in [1.82, 2.24) is 4.98 Å². The molecular formula is C21H18N2O4S2. The summed E-state index contributed by atoms with van der Waals surface area (Å²) in [5, 5.41) is 0.738. The number of hydrogen-bond donors (Lipinski definition) is 1. The monoisotopic (exact) mass is 426 g/mol. The molecule has 0 aliphatic carbocycles. The summed E-state index contributed by atoms with van der Waals surface area (Å²) < 4.78 is 40.4. The molecular weight excluding hydrogens is 408 g/mol. The molecule has 1 N–H and O–H groups in total. The molecule has 0 fully saturated rings. The Morgan fingerprint density at radius 2 is 1.69 bits per heavy atom. The van der Waals surface area contributed by atoms with Crippen LogP contribution in [0.5, 0.6) is 11.5 Å². The highest BCUT2D eigenvalue weighted by Gasteiger charge is 2.22. The number of para-hydroxylation sites is 2. The SMILES string of the molecule is COc1ccc(OC)c(S(=O)(=O)Nc2ccccc2-c2nc3ccccc3s2)c1. The first-order chi connectivity index (χ1) is 14.0. The number of hydrogen-bond acceptors (Lipinski definition) is 6. The molecule has 148 valence electrons. The fourth-order valence-corrected chi connectivity index (χ4v) is 5.21. The minimum atomic E-state index is -3.93. The summed E-state index contributed by atoms with van der Waals surface area (Å²) in [6, 6.07) is 19.6. The zero-order valence-corrected chi connectivity index (χ0v) is 17.4. The van der Waals surface area contributed by atoms with Crippen LogP contribution in [0.4, 0.5) is 5.69 Å². The Hall–Kier alpha value is -3.10. The van der Waals surface area contributed by atoms with Crippen molar-refractivity contribution >= 4 is 37.3 Å². The van der Waals surface area contributed by atoms with Crippen LogP contribution < -0.4 is 14.2 Å². The van der Waals surface area contributed by atoms with Crippen LogP contribution in [0.15, 0.2) is 71.6 Å². The average molecular weight is 427 g/mol. The number of sulfonamides is 1. The van der Waals surface area contributed by atoms with Gasteiger partial charge in [-0.25, -0.2) is 13.4 Å². The Morgan fingerprint density at radius 3 is 2.45 bits per heavy atom. The predicted molar refractivity (Wildman–Crippen MR) is 115 cm³/mol. The molecule has 4 rings (SSSR count). The summed E-state index contributed by atoms with van der Waals surface area (Å²) in [7, 11) is -1.02. The summed E-state index contributed by atoms with van der Waals surface area (Å²) in [5.41, 5.74) is 2.02. The Labute approximate surface area is 172 Å². The van der Waals surface area contributed by atoms with E-state index in [1.54, 1.807) is 24.3 Å². The van der Waals surface area contributed by atoms with Crippen molar-refractivity contribution in [2.24, 2.45) is 0 Å². The van der Waals surface area contributed by atoms with E-state index in [1.807, 2.05) is 36.4 Å². The van der Waals surface area contributed by atoms with Crippen LogP contribution in [0.2, 0.25) is 0 Å². The van der Waals surface area contributed by atoms with E-state index in [4.69, 9.17) is 9.47 Å². The van der Waals surface area contributed by atoms with Gasteiger partial charge in [-0.2, -0.15) is 0 Å². The second-order valence-corrected chi connectivity index (χ2v) is 8.84. The van der Waals surface area contributed by atoms with Crippen LogP contribution >= 0.6 is 11.3 Å². The van der Waals surface area contributed by atoms with Crippen LogP contribution in [0.3, 0.4) is 0 Å². The van der Waals surface area contributed by atoms with Gasteiger partial charge in [0.05, 0.1) is 30.1 Å². The third-order valence-electron chi connectivity index (χ3n) is 4.36. The molecule has 0 unspecified atom stereocenters. The molecule has 29 heavy (non-hydrogen) atoms. The molecule has 0 radical (unpaired) electrons. The molecule has 0 saturated carbocycles. The molecule has 1 aromatic heterocycles. The van der Waals surface area contributed by atoms with Crippen LogP contribution in [0.25, 0.3) is 20.8 Å². The second-order valence-electron chi connectivity index (χ2n) is 6.15. The third kappa shape index (κ3) is 3.76. The van der Waals surface area contributed by atoms with Gasteiger partial charge in [-0.05, 0) is 36.4 Å². The van der Waals surface area contributed by atoms with Crippen molar-refractivity contribution in [2.75, 3.05) is 18.9 Å². The van der Waals surface area contributed by atoms with Crippen LogP contribution in [0, 0.1) is 0 Å². The summed E-state index contributed by atoms with van der Waals surface area (Å²) in [5.74, 6) is 0.654. The van der Waals surface area contributed by atoms with E-state index < -0.39 is 10.0 Å². The van der Waals surface area contributed by atoms with E-state index in [0.29, 0.717) is 17.0 Å². The van der Waals surface area contributed by atoms with Crippen molar-refractivity contribution < 1.29 is 17.9 Å². The number of anilines is 1. The van der Waals surface area contributed by atoms with E-state index in [1.165, 1.54) is 31.6 Å². The zero-order chi connectivity index (χ0) is 20.4. The number of nitrogens with zero attached hydrogens (tertiary/aromatic N) is 1. The molecule has 3 aromatic carbocycles. The van der Waals surface area contributed by atoms with Crippen molar-refractivity contribution in [3.05, 3.63) is 66.7 Å². The molecule has 0 saturated heterocycles. The maximum Gasteiger partial charge on any atom is 0.265 e. The van der Waals surface area contributed by atoms with Gasteiger partial charge < -0.3 is 9.47 Å². The Kier molecular flexibility index (Phi) is 5.12. The van der Waals surface area contributed by atoms with E-state index in [9.17, 15) is 8.42 Å². The number of benzene rings is 3. The van der Waals surface area contributed by atoms with E-state index in [2.05, 4.69) is 9.71 Å². The average Bonchev–Trinajstić information content (AvgIpc) is 3.17. The lowest BCUT2D eigenvalue weighted by Gasteiger charge is -2.14. The predicted octanol–water partition coefficient (Wildman–Crippen LogP) is 4.78. The maximum atomic E-state index is 13.1. The molecule has 1 heterocycles. The second kappa shape index (κ2) is 7.73. The molecule has 0 spiro atoms. The molecule has 0 aliphatic heterocycles. The van der Waals surface area contributed by atoms with Gasteiger partial charge in [0.25, 0.3) is 10.0 Å². The fourth-order valence-electron chi connectivity index (χ4n) is 2.94. The lowest BCUT2D eigenvalue weighted by Crippen LogP contribution is -2.15. The Balaban J connectivity index is 1.77. The van der Waals surface area contributed by atoms with Crippen LogP contribution in [-0.2, 0) is 10.0 Å². The normalized spacial score (nSPS) is 11.4. The van der Waals surface area contributed by atoms with Crippen LogP contribution in [0.1, 0.15) is 0 Å². The lowest BCUT2D eigenvalue weighted by atomic mass is 10.2. The van der Waals surface area contributed by atoms with Gasteiger partial charge in [0.15, 0.2) is 0 Å². The fraction of sp³-hybridized carbons (Fsp3) is 0.0952. The van der Waals surface area contributed by atoms with Gasteiger partial charge in [0.2, 0.25) is 0 Å². The number of fused-ring (bicyclic) bond motifs is 1. The molecule has 0 atom stereocenters. The van der Waals surface area contributed by atoms with Crippen molar-refractivity contribution in [1.29, 1.82) is 0 Å². The van der Waals surface area contributed by atoms with E-state index >= 15 is 0 Å². The van der Waals surface area contributed by atoms with Gasteiger partial charge >= 0.3 is 0 Å². The third-order valence-corrected chi connectivity index (χ3v) is 6.81. The number of nitrogens with one attached hydrogen (secondary N) is 1. The largest absolute Gasteiger partial charge is 0.497 e. The number of rotatable bonds is 6. The first kappa shape index (κ1) is 19.2. The summed E-state index contributed by atoms with van der Waals surface area (Å²) in [4.78, 5) is 4.65. The first-order valence-electron chi connectivity index (χ1n) is 8.71. The number of thiazole rings is 1. The van der Waals surface area contributed by atoms with Crippen LogP contribution in [-0.4, -0.2) is 27.6 Å². The van der Waals surface area contributed by atoms with Gasteiger partial charge in [-0.3, -0.25) is 4.72 Å². The number of methoxy groups -OCH3 is 2. The molecule has 4 aromatic rings. The molecule has 0 bridgehead atoms. The topological polar surface area (TPSA) is 77.5 Å². The van der Waals surface area contributed by atoms with Gasteiger partial charge in [0.1, 0.15) is 21.4 Å². The quantitative estimate of drug-likeness (QED) is 0.480. The summed E-state index contributed by atoms with van der Waals surface area (Å²) in [6.45, 7) is 0. The highest BCUT2D eigenvalue weighted by Crippen LogP contribution is 2.36. The number of aromatic nitrogens is 1. The van der Waals surface area contributed by atoms with Gasteiger partial charge in [0, 0.05) is 11.6 Å². The Bertz CT molecular complexity index is 1250. The Morgan fingerprint density at radius 1 is 0.931 bits per heavy atom. The van der Waals surface area contributed by atoms with Crippen molar-refractivity contribution in [3.63, 3.8) is 0 Å². The van der Waals surface area contributed by atoms with E-state index in [0.717, 1.165) is 15.2 Å². The maximum absolute atomic E-state index is 13.1. The summed E-state index contributed by atoms with van der Waals surface area (Å²) in [6.07, 6.45) is 0. The number of ether oxygens (including phenoxy) is 2. The van der Waals surface area contributed by atoms with E-state index in [-0.39, 0.29) is 10.6 Å². The minimum Gasteiger partial charge on any atom is -0.497 e. The molecule has 0 amide bonds. The van der Waals surface area contributed by atoms with Gasteiger partial charge in [-0.1, -0.05) is 24.3 Å².